The first-order chi connectivity index (χ1) is 9.45. The number of ether oxygens (including phenoxy) is 1. The zero-order valence-corrected chi connectivity index (χ0v) is 10.9. The second-order valence-electron chi connectivity index (χ2n) is 5.11. The lowest BCUT2D eigenvalue weighted by molar-refractivity contribution is -0.145. The Hall–Kier alpha value is -1.47. The molecule has 2 aliphatic rings. The van der Waals surface area contributed by atoms with E-state index in [-0.39, 0.29) is 12.1 Å². The Morgan fingerprint density at radius 3 is 2.55 bits per heavy atom. The summed E-state index contributed by atoms with van der Waals surface area (Å²) in [5.41, 5.74) is 1.65. The Morgan fingerprint density at radius 1 is 1.25 bits per heavy atom. The molecule has 1 aromatic heterocycles. The molecule has 108 valence electrons. The minimum atomic E-state index is -4.50. The van der Waals surface area contributed by atoms with Gasteiger partial charge >= 0.3 is 6.18 Å². The maximum atomic E-state index is 12.4. The number of hydrogen-bond acceptors (Lipinski definition) is 4. The predicted molar refractivity (Wildman–Crippen MR) is 65.8 cm³/mol. The summed E-state index contributed by atoms with van der Waals surface area (Å²) >= 11 is 0. The standard InChI is InChI=1S/C13H14F3N3O/c1-19-10-2-8(3-11(19)7-20-6-10)9-4-17-12(18-5-9)13(14,15)16/h2,4-5,10-11H,3,6-7H2,1H3. The van der Waals surface area contributed by atoms with Gasteiger partial charge in [0.25, 0.3) is 0 Å². The van der Waals surface area contributed by atoms with Crippen LogP contribution >= 0.6 is 0 Å². The summed E-state index contributed by atoms with van der Waals surface area (Å²) in [6, 6.07) is 0.427. The van der Waals surface area contributed by atoms with Crippen LogP contribution in [0.3, 0.4) is 0 Å². The topological polar surface area (TPSA) is 38.2 Å². The number of fused-ring (bicyclic) bond motifs is 2. The molecule has 3 heterocycles. The minimum Gasteiger partial charge on any atom is -0.378 e. The van der Waals surface area contributed by atoms with E-state index in [0.717, 1.165) is 12.0 Å². The normalized spacial score (nSPS) is 27.3. The first-order valence-corrected chi connectivity index (χ1v) is 6.35. The van der Waals surface area contributed by atoms with Gasteiger partial charge in [0.1, 0.15) is 0 Å². The second kappa shape index (κ2) is 4.82. The molecule has 0 saturated carbocycles. The van der Waals surface area contributed by atoms with E-state index in [1.807, 2.05) is 13.1 Å². The molecule has 1 aromatic rings. The molecule has 0 spiro atoms. The van der Waals surface area contributed by atoms with Crippen LogP contribution in [0, 0.1) is 0 Å². The number of likely N-dealkylation sites (N-methyl/N-ethyl adjacent to an activating group) is 1. The van der Waals surface area contributed by atoms with Gasteiger partial charge in [-0.15, -0.1) is 0 Å². The molecule has 2 aliphatic heterocycles. The molecule has 0 radical (unpaired) electrons. The molecule has 4 nitrogen and oxygen atoms in total. The summed E-state index contributed by atoms with van der Waals surface area (Å²) in [6.07, 6.45) is 0.778. The van der Waals surface area contributed by atoms with Crippen LogP contribution in [0.1, 0.15) is 17.8 Å². The highest BCUT2D eigenvalue weighted by molar-refractivity contribution is 5.66. The molecular formula is C13H14F3N3O. The van der Waals surface area contributed by atoms with Crippen molar-refractivity contribution in [3.8, 4) is 0 Å². The van der Waals surface area contributed by atoms with Crippen molar-refractivity contribution in [3.63, 3.8) is 0 Å². The van der Waals surface area contributed by atoms with E-state index in [4.69, 9.17) is 4.74 Å². The number of hydrogen-bond donors (Lipinski definition) is 0. The molecule has 1 fully saturated rings. The number of halogens is 3. The van der Waals surface area contributed by atoms with Crippen molar-refractivity contribution >= 4 is 5.57 Å². The Morgan fingerprint density at radius 2 is 1.95 bits per heavy atom. The minimum absolute atomic E-state index is 0.166. The summed E-state index contributed by atoms with van der Waals surface area (Å²) < 4.78 is 42.8. The van der Waals surface area contributed by atoms with Gasteiger partial charge < -0.3 is 4.74 Å². The van der Waals surface area contributed by atoms with Gasteiger partial charge in [0.15, 0.2) is 0 Å². The van der Waals surface area contributed by atoms with Gasteiger partial charge in [0.2, 0.25) is 5.82 Å². The monoisotopic (exact) mass is 285 g/mol. The fraction of sp³-hybridized carbons (Fsp3) is 0.538. The third-order valence-electron chi connectivity index (χ3n) is 3.82. The van der Waals surface area contributed by atoms with Crippen molar-refractivity contribution in [1.29, 1.82) is 0 Å². The number of morpholine rings is 1. The molecular weight excluding hydrogens is 271 g/mol. The van der Waals surface area contributed by atoms with E-state index in [1.165, 1.54) is 12.4 Å². The highest BCUT2D eigenvalue weighted by Crippen LogP contribution is 2.32. The molecule has 0 N–H and O–H groups in total. The molecule has 1 saturated heterocycles. The average Bonchev–Trinajstić information content (AvgIpc) is 2.37. The molecule has 7 heteroatoms. The van der Waals surface area contributed by atoms with Crippen LogP contribution in [0.5, 0.6) is 0 Å². The van der Waals surface area contributed by atoms with Gasteiger partial charge in [-0.2, -0.15) is 13.2 Å². The summed E-state index contributed by atoms with van der Waals surface area (Å²) in [7, 11) is 2.04. The largest absolute Gasteiger partial charge is 0.451 e. The van der Waals surface area contributed by atoms with Crippen LogP contribution in [0.2, 0.25) is 0 Å². The van der Waals surface area contributed by atoms with Gasteiger partial charge in [-0.05, 0) is 19.0 Å². The van der Waals surface area contributed by atoms with E-state index in [1.54, 1.807) is 0 Å². The average molecular weight is 285 g/mol. The van der Waals surface area contributed by atoms with Crippen LogP contribution < -0.4 is 0 Å². The van der Waals surface area contributed by atoms with Gasteiger partial charge in [-0.25, -0.2) is 9.97 Å². The van der Waals surface area contributed by atoms with Crippen LogP contribution in [-0.4, -0.2) is 47.2 Å². The number of rotatable bonds is 1. The summed E-state index contributed by atoms with van der Waals surface area (Å²) in [6.45, 7) is 1.25. The van der Waals surface area contributed by atoms with Crippen LogP contribution in [0.25, 0.3) is 5.57 Å². The summed E-state index contributed by atoms with van der Waals surface area (Å²) in [5, 5.41) is 0. The van der Waals surface area contributed by atoms with Crippen molar-refractivity contribution in [3.05, 3.63) is 29.9 Å². The van der Waals surface area contributed by atoms with Crippen molar-refractivity contribution in [2.45, 2.75) is 24.7 Å². The van der Waals surface area contributed by atoms with E-state index >= 15 is 0 Å². The Kier molecular flexibility index (Phi) is 3.25. The Bertz CT molecular complexity index is 527. The fourth-order valence-electron chi connectivity index (χ4n) is 2.61. The lowest BCUT2D eigenvalue weighted by atomic mass is 9.91. The van der Waals surface area contributed by atoms with E-state index in [2.05, 4.69) is 14.9 Å². The quantitative estimate of drug-likeness (QED) is 0.791. The van der Waals surface area contributed by atoms with E-state index < -0.39 is 12.0 Å². The Balaban J connectivity index is 1.86. The number of alkyl halides is 3. The smallest absolute Gasteiger partial charge is 0.378 e. The molecule has 2 atom stereocenters. The zero-order chi connectivity index (χ0) is 14.3. The molecule has 2 unspecified atom stereocenters. The SMILES string of the molecule is CN1C2C=C(c3cnc(C(F)(F)F)nc3)CC1COC2. The Labute approximate surface area is 114 Å². The van der Waals surface area contributed by atoms with Crippen molar-refractivity contribution < 1.29 is 17.9 Å². The van der Waals surface area contributed by atoms with Crippen molar-refractivity contribution in [2.75, 3.05) is 20.3 Å². The van der Waals surface area contributed by atoms with Crippen LogP contribution in [0.4, 0.5) is 13.2 Å². The first-order valence-electron chi connectivity index (χ1n) is 6.35. The lowest BCUT2D eigenvalue weighted by Gasteiger charge is -2.42. The maximum Gasteiger partial charge on any atom is 0.451 e. The first kappa shape index (κ1) is 13.5. The van der Waals surface area contributed by atoms with Crippen molar-refractivity contribution in [1.82, 2.24) is 14.9 Å². The van der Waals surface area contributed by atoms with Gasteiger partial charge in [-0.1, -0.05) is 6.08 Å². The molecule has 0 aromatic carbocycles. The second-order valence-corrected chi connectivity index (χ2v) is 5.11. The van der Waals surface area contributed by atoms with E-state index in [9.17, 15) is 13.2 Å². The van der Waals surface area contributed by atoms with Gasteiger partial charge in [0, 0.05) is 24.0 Å². The predicted octanol–water partition coefficient (Wildman–Crippen LogP) is 1.98. The lowest BCUT2D eigenvalue weighted by Crippen LogP contribution is -2.51. The maximum absolute atomic E-state index is 12.4. The molecule has 0 aliphatic carbocycles. The number of aromatic nitrogens is 2. The van der Waals surface area contributed by atoms with Crippen LogP contribution in [0.15, 0.2) is 18.5 Å². The summed E-state index contributed by atoms with van der Waals surface area (Å²) in [4.78, 5) is 9.07. The van der Waals surface area contributed by atoms with Crippen LogP contribution in [-0.2, 0) is 10.9 Å². The third kappa shape index (κ3) is 2.43. The molecule has 3 rings (SSSR count). The van der Waals surface area contributed by atoms with Gasteiger partial charge in [-0.3, -0.25) is 4.90 Å². The third-order valence-corrected chi connectivity index (χ3v) is 3.82. The molecule has 0 amide bonds. The fourth-order valence-corrected chi connectivity index (χ4v) is 2.61. The summed E-state index contributed by atoms with van der Waals surface area (Å²) in [5.74, 6) is -1.10. The van der Waals surface area contributed by atoms with Gasteiger partial charge in [0.05, 0.1) is 19.3 Å². The number of nitrogens with zero attached hydrogens (tertiary/aromatic N) is 3. The molecule has 20 heavy (non-hydrogen) atoms. The highest BCUT2D eigenvalue weighted by atomic mass is 19.4. The molecule has 2 bridgehead atoms. The highest BCUT2D eigenvalue weighted by Gasteiger charge is 2.35. The van der Waals surface area contributed by atoms with E-state index in [0.29, 0.717) is 18.8 Å². The zero-order valence-electron chi connectivity index (χ0n) is 10.9. The van der Waals surface area contributed by atoms with Crippen molar-refractivity contribution in [2.24, 2.45) is 0 Å².